The van der Waals surface area contributed by atoms with Crippen molar-refractivity contribution in [1.82, 2.24) is 10.2 Å². The van der Waals surface area contributed by atoms with Crippen LogP contribution in [0.4, 0.5) is 5.69 Å². The van der Waals surface area contributed by atoms with E-state index in [0.717, 1.165) is 21.0 Å². The highest BCUT2D eigenvalue weighted by Gasteiger charge is 2.34. The first-order valence-corrected chi connectivity index (χ1v) is 16.7. The number of anilines is 1. The molecule has 1 N–H and O–H groups in total. The Morgan fingerprint density at radius 3 is 1.91 bits per heavy atom. The minimum absolute atomic E-state index is 0.0368. The van der Waals surface area contributed by atoms with Gasteiger partial charge in [0, 0.05) is 20.0 Å². The molecule has 0 spiro atoms. The minimum Gasteiger partial charge on any atom is -0.457 e. The van der Waals surface area contributed by atoms with E-state index in [1.165, 1.54) is 24.1 Å². The van der Waals surface area contributed by atoms with Crippen molar-refractivity contribution in [1.29, 1.82) is 0 Å². The predicted octanol–water partition coefficient (Wildman–Crippen LogP) is 6.37. The van der Waals surface area contributed by atoms with E-state index in [1.54, 1.807) is 42.5 Å². The van der Waals surface area contributed by atoms with Crippen molar-refractivity contribution >= 4 is 27.5 Å². The molecule has 9 heteroatoms. The summed E-state index contributed by atoms with van der Waals surface area (Å²) in [5.41, 5.74) is 2.96. The van der Waals surface area contributed by atoms with Crippen LogP contribution in [0.5, 0.6) is 11.5 Å². The van der Waals surface area contributed by atoms with Gasteiger partial charge in [0.2, 0.25) is 11.8 Å². The fraction of sp³-hybridized carbons (Fsp3) is 0.158. The van der Waals surface area contributed by atoms with E-state index in [2.05, 4.69) is 5.32 Å². The van der Waals surface area contributed by atoms with Crippen LogP contribution in [0.1, 0.15) is 16.7 Å². The van der Waals surface area contributed by atoms with E-state index in [0.29, 0.717) is 11.5 Å². The number of hydrogen-bond donors (Lipinski definition) is 1. The number of benzene rings is 5. The van der Waals surface area contributed by atoms with Crippen LogP contribution in [0.25, 0.3) is 0 Å². The third kappa shape index (κ3) is 8.45. The lowest BCUT2D eigenvalue weighted by Gasteiger charge is -2.33. The Morgan fingerprint density at radius 1 is 0.723 bits per heavy atom. The highest BCUT2D eigenvalue weighted by atomic mass is 32.2. The number of likely N-dealkylation sites (N-methyl/N-ethyl adjacent to an activating group) is 1. The molecule has 2 amide bonds. The topological polar surface area (TPSA) is 96.0 Å². The quantitative estimate of drug-likeness (QED) is 0.160. The Morgan fingerprint density at radius 2 is 1.30 bits per heavy atom. The normalized spacial score (nSPS) is 11.7. The number of amides is 2. The molecular formula is C38H37N3O5S. The van der Waals surface area contributed by atoms with Gasteiger partial charge in [0.15, 0.2) is 0 Å². The third-order valence-electron chi connectivity index (χ3n) is 7.67. The van der Waals surface area contributed by atoms with Crippen LogP contribution in [0.15, 0.2) is 144 Å². The number of aryl methyl sites for hydroxylation is 1. The fourth-order valence-corrected chi connectivity index (χ4v) is 6.72. The van der Waals surface area contributed by atoms with Crippen molar-refractivity contribution in [2.24, 2.45) is 0 Å². The molecule has 0 radical (unpaired) electrons. The van der Waals surface area contributed by atoms with E-state index >= 15 is 0 Å². The Labute approximate surface area is 276 Å². The first kappa shape index (κ1) is 33.0. The minimum atomic E-state index is -4.20. The molecule has 1 atom stereocenters. The molecule has 0 aliphatic carbocycles. The molecule has 0 unspecified atom stereocenters. The second-order valence-corrected chi connectivity index (χ2v) is 12.9. The summed E-state index contributed by atoms with van der Waals surface area (Å²) in [6.07, 6.45) is 0.245. The van der Waals surface area contributed by atoms with Crippen molar-refractivity contribution in [2.45, 2.75) is 30.8 Å². The van der Waals surface area contributed by atoms with Crippen molar-refractivity contribution in [3.05, 3.63) is 156 Å². The standard InChI is InChI=1S/C38H37N3O5S/c1-29-13-12-16-31(25-29)27-40(36(38(43)39-2)26-30-14-6-3-7-15-30)37(42)28-41(47(44,45)35-19-10-5-11-20-35)32-21-23-34(24-22-32)46-33-17-8-4-9-18-33/h3-25,36H,26-28H2,1-2H3,(H,39,43)/t36-/m0/s1. The summed E-state index contributed by atoms with van der Waals surface area (Å²) >= 11 is 0. The SMILES string of the molecule is CNC(=O)[C@H](Cc1ccccc1)N(Cc1cccc(C)c1)C(=O)CN(c1ccc(Oc2ccccc2)cc1)S(=O)(=O)c1ccccc1. The number of hydrogen-bond acceptors (Lipinski definition) is 5. The van der Waals surface area contributed by atoms with E-state index in [4.69, 9.17) is 4.74 Å². The molecule has 0 bridgehead atoms. The van der Waals surface area contributed by atoms with Gasteiger partial charge in [-0.1, -0.05) is 96.6 Å². The lowest BCUT2D eigenvalue weighted by atomic mass is 10.0. The number of carbonyl (C=O) groups is 2. The molecule has 0 aromatic heterocycles. The molecule has 0 saturated heterocycles. The third-order valence-corrected chi connectivity index (χ3v) is 9.45. The molecule has 5 aromatic carbocycles. The van der Waals surface area contributed by atoms with Gasteiger partial charge >= 0.3 is 0 Å². The molecular weight excluding hydrogens is 611 g/mol. The van der Waals surface area contributed by atoms with Crippen LogP contribution < -0.4 is 14.4 Å². The molecule has 5 rings (SSSR count). The zero-order valence-corrected chi connectivity index (χ0v) is 27.1. The lowest BCUT2D eigenvalue weighted by molar-refractivity contribution is -0.139. The number of carbonyl (C=O) groups excluding carboxylic acids is 2. The first-order valence-electron chi connectivity index (χ1n) is 15.3. The maximum atomic E-state index is 14.5. The second kappa shape index (κ2) is 15.2. The molecule has 8 nitrogen and oxygen atoms in total. The predicted molar refractivity (Wildman–Crippen MR) is 184 cm³/mol. The Bertz CT molecular complexity index is 1890. The van der Waals surface area contributed by atoms with Gasteiger partial charge < -0.3 is 15.0 Å². The van der Waals surface area contributed by atoms with Crippen molar-refractivity contribution < 1.29 is 22.7 Å². The number of ether oxygens (including phenoxy) is 1. The van der Waals surface area contributed by atoms with Crippen LogP contribution in [0, 0.1) is 6.92 Å². The Balaban J connectivity index is 1.53. The average molecular weight is 648 g/mol. The molecule has 5 aromatic rings. The van der Waals surface area contributed by atoms with Gasteiger partial charge in [-0.25, -0.2) is 8.42 Å². The van der Waals surface area contributed by atoms with Crippen molar-refractivity contribution in [3.63, 3.8) is 0 Å². The van der Waals surface area contributed by atoms with E-state index < -0.39 is 28.5 Å². The fourth-order valence-electron chi connectivity index (χ4n) is 5.28. The summed E-state index contributed by atoms with van der Waals surface area (Å²) in [6.45, 7) is 1.52. The Hall–Kier alpha value is -5.41. The van der Waals surface area contributed by atoms with Gasteiger partial charge in [-0.2, -0.15) is 0 Å². The summed E-state index contributed by atoms with van der Waals surface area (Å²) in [5.74, 6) is 0.261. The van der Waals surface area contributed by atoms with Crippen LogP contribution in [-0.2, 0) is 32.6 Å². The van der Waals surface area contributed by atoms with Crippen LogP contribution in [-0.4, -0.2) is 44.8 Å². The van der Waals surface area contributed by atoms with E-state index in [-0.39, 0.29) is 29.5 Å². The first-order chi connectivity index (χ1) is 22.7. The summed E-state index contributed by atoms with van der Waals surface area (Å²) < 4.78 is 35.3. The van der Waals surface area contributed by atoms with Crippen LogP contribution in [0.2, 0.25) is 0 Å². The second-order valence-electron chi connectivity index (χ2n) is 11.1. The van der Waals surface area contributed by atoms with Gasteiger partial charge in [-0.3, -0.25) is 13.9 Å². The molecule has 240 valence electrons. The van der Waals surface area contributed by atoms with E-state index in [1.807, 2.05) is 91.9 Å². The molecule has 0 aliphatic rings. The lowest BCUT2D eigenvalue weighted by Crippen LogP contribution is -2.53. The maximum absolute atomic E-state index is 14.5. The van der Waals surface area contributed by atoms with Crippen molar-refractivity contribution in [2.75, 3.05) is 17.9 Å². The van der Waals surface area contributed by atoms with Crippen molar-refractivity contribution in [3.8, 4) is 11.5 Å². The van der Waals surface area contributed by atoms with Gasteiger partial charge in [0.05, 0.1) is 10.6 Å². The number of nitrogens with one attached hydrogen (secondary N) is 1. The number of rotatable bonds is 13. The number of para-hydroxylation sites is 1. The molecule has 0 fully saturated rings. The largest absolute Gasteiger partial charge is 0.457 e. The van der Waals surface area contributed by atoms with E-state index in [9.17, 15) is 18.0 Å². The van der Waals surface area contributed by atoms with Crippen LogP contribution >= 0.6 is 0 Å². The molecule has 47 heavy (non-hydrogen) atoms. The summed E-state index contributed by atoms with van der Waals surface area (Å²) in [6, 6.07) is 40.0. The zero-order valence-electron chi connectivity index (χ0n) is 26.3. The average Bonchev–Trinajstić information content (AvgIpc) is 3.10. The van der Waals surface area contributed by atoms with Gasteiger partial charge in [-0.15, -0.1) is 0 Å². The van der Waals surface area contributed by atoms with Gasteiger partial charge in [-0.05, 0) is 66.6 Å². The smallest absolute Gasteiger partial charge is 0.264 e. The van der Waals surface area contributed by atoms with Crippen LogP contribution in [0.3, 0.4) is 0 Å². The highest BCUT2D eigenvalue weighted by molar-refractivity contribution is 7.92. The summed E-state index contributed by atoms with van der Waals surface area (Å²) in [4.78, 5) is 29.4. The summed E-state index contributed by atoms with van der Waals surface area (Å²) in [5, 5.41) is 2.71. The highest BCUT2D eigenvalue weighted by Crippen LogP contribution is 2.29. The van der Waals surface area contributed by atoms with Gasteiger partial charge in [0.25, 0.3) is 10.0 Å². The molecule has 0 saturated carbocycles. The Kier molecular flexibility index (Phi) is 10.7. The van der Waals surface area contributed by atoms with Gasteiger partial charge in [0.1, 0.15) is 24.1 Å². The molecule has 0 heterocycles. The monoisotopic (exact) mass is 647 g/mol. The number of sulfonamides is 1. The maximum Gasteiger partial charge on any atom is 0.264 e. The number of nitrogens with zero attached hydrogens (tertiary/aromatic N) is 2. The zero-order chi connectivity index (χ0) is 33.2. The molecule has 0 aliphatic heterocycles. The summed E-state index contributed by atoms with van der Waals surface area (Å²) in [7, 11) is -2.67.